The van der Waals surface area contributed by atoms with E-state index in [1.54, 1.807) is 0 Å². The van der Waals surface area contributed by atoms with E-state index in [2.05, 4.69) is 41.7 Å². The van der Waals surface area contributed by atoms with Gasteiger partial charge in [-0.3, -0.25) is 4.90 Å². The Labute approximate surface area is 216 Å². The van der Waals surface area contributed by atoms with Crippen LogP contribution < -0.4 is 15.0 Å². The SMILES string of the molecule is CCOc1ccc(C2NC(=S)N(c3ccc(CC)cc3)C(C)=C2c2nc(-c3ccccc3)no2)cc1. The number of nitrogens with one attached hydrogen (secondary N) is 1. The molecule has 0 aliphatic carbocycles. The largest absolute Gasteiger partial charge is 0.494 e. The second-order valence-electron chi connectivity index (χ2n) is 8.53. The molecular formula is C29H28N4O2S. The highest BCUT2D eigenvalue weighted by Crippen LogP contribution is 2.39. The van der Waals surface area contributed by atoms with Crippen molar-refractivity contribution in [3.63, 3.8) is 0 Å². The van der Waals surface area contributed by atoms with Crippen molar-refractivity contribution in [2.24, 2.45) is 0 Å². The number of anilines is 1. The Balaban J connectivity index is 1.61. The smallest absolute Gasteiger partial charge is 0.258 e. The number of nitrogens with zero attached hydrogens (tertiary/aromatic N) is 3. The van der Waals surface area contributed by atoms with Crippen LogP contribution in [-0.4, -0.2) is 21.9 Å². The van der Waals surface area contributed by atoms with Crippen molar-refractivity contribution < 1.29 is 9.26 Å². The van der Waals surface area contributed by atoms with E-state index in [-0.39, 0.29) is 6.04 Å². The van der Waals surface area contributed by atoms with Gasteiger partial charge in [0.2, 0.25) is 5.82 Å². The normalized spacial score (nSPS) is 15.7. The molecule has 0 amide bonds. The minimum Gasteiger partial charge on any atom is -0.494 e. The Morgan fingerprint density at radius 2 is 1.69 bits per heavy atom. The van der Waals surface area contributed by atoms with Crippen LogP contribution in [-0.2, 0) is 6.42 Å². The Morgan fingerprint density at radius 3 is 2.36 bits per heavy atom. The van der Waals surface area contributed by atoms with E-state index < -0.39 is 0 Å². The second kappa shape index (κ2) is 10.3. The predicted molar refractivity (Wildman–Crippen MR) is 147 cm³/mol. The van der Waals surface area contributed by atoms with Gasteiger partial charge in [-0.1, -0.05) is 66.7 Å². The van der Waals surface area contributed by atoms with Crippen LogP contribution in [0.3, 0.4) is 0 Å². The molecule has 1 N–H and O–H groups in total. The van der Waals surface area contributed by atoms with Gasteiger partial charge in [0, 0.05) is 16.9 Å². The summed E-state index contributed by atoms with van der Waals surface area (Å²) in [5.41, 5.74) is 5.98. The molecule has 6 nitrogen and oxygen atoms in total. The molecule has 1 aliphatic heterocycles. The molecule has 1 unspecified atom stereocenters. The third-order valence-corrected chi connectivity index (χ3v) is 6.60. The molecule has 36 heavy (non-hydrogen) atoms. The summed E-state index contributed by atoms with van der Waals surface area (Å²) in [6.07, 6.45) is 0.979. The molecule has 3 aromatic carbocycles. The molecule has 0 spiro atoms. The Kier molecular flexibility index (Phi) is 6.82. The van der Waals surface area contributed by atoms with Gasteiger partial charge in [-0.05, 0) is 67.9 Å². The first-order valence-electron chi connectivity index (χ1n) is 12.1. The lowest BCUT2D eigenvalue weighted by atomic mass is 9.94. The molecular weight excluding hydrogens is 468 g/mol. The molecule has 4 aromatic rings. The van der Waals surface area contributed by atoms with Gasteiger partial charge in [0.05, 0.1) is 18.2 Å². The number of hydrogen-bond donors (Lipinski definition) is 1. The fraction of sp³-hybridized carbons (Fsp3) is 0.207. The maximum Gasteiger partial charge on any atom is 0.258 e. The molecule has 1 aliphatic rings. The molecule has 0 fully saturated rings. The van der Waals surface area contributed by atoms with E-state index in [4.69, 9.17) is 26.5 Å². The highest BCUT2D eigenvalue weighted by atomic mass is 32.1. The maximum absolute atomic E-state index is 5.87. The average Bonchev–Trinajstić information content (AvgIpc) is 3.40. The van der Waals surface area contributed by atoms with Crippen LogP contribution in [0.25, 0.3) is 17.0 Å². The van der Waals surface area contributed by atoms with Crippen LogP contribution in [0.1, 0.15) is 43.8 Å². The van der Waals surface area contributed by atoms with Gasteiger partial charge >= 0.3 is 0 Å². The van der Waals surface area contributed by atoms with Gasteiger partial charge in [-0.2, -0.15) is 4.98 Å². The van der Waals surface area contributed by atoms with Crippen molar-refractivity contribution in [3.8, 4) is 17.1 Å². The molecule has 0 bridgehead atoms. The number of rotatable bonds is 7. The first-order valence-corrected chi connectivity index (χ1v) is 12.5. The number of aromatic nitrogens is 2. The monoisotopic (exact) mass is 496 g/mol. The van der Waals surface area contributed by atoms with Crippen LogP contribution in [0.2, 0.25) is 0 Å². The molecule has 182 valence electrons. The second-order valence-corrected chi connectivity index (χ2v) is 8.91. The summed E-state index contributed by atoms with van der Waals surface area (Å²) in [5.74, 6) is 1.82. The summed E-state index contributed by atoms with van der Waals surface area (Å²) in [6, 6.07) is 26.0. The van der Waals surface area contributed by atoms with Gasteiger partial charge < -0.3 is 14.6 Å². The third-order valence-electron chi connectivity index (χ3n) is 6.30. The van der Waals surface area contributed by atoms with Crippen LogP contribution in [0.4, 0.5) is 5.69 Å². The lowest BCUT2D eigenvalue weighted by Crippen LogP contribution is -2.46. The van der Waals surface area contributed by atoms with Crippen molar-refractivity contribution in [1.82, 2.24) is 15.5 Å². The minimum atomic E-state index is -0.261. The van der Waals surface area contributed by atoms with Crippen molar-refractivity contribution in [2.45, 2.75) is 33.2 Å². The summed E-state index contributed by atoms with van der Waals surface area (Å²) < 4.78 is 11.5. The Bertz CT molecular complexity index is 1380. The van der Waals surface area contributed by atoms with Crippen LogP contribution in [0.15, 0.2) is 89.1 Å². The number of benzene rings is 3. The first-order chi connectivity index (χ1) is 17.6. The van der Waals surface area contributed by atoms with E-state index in [0.29, 0.717) is 23.4 Å². The fourth-order valence-corrected chi connectivity index (χ4v) is 4.78. The highest BCUT2D eigenvalue weighted by Gasteiger charge is 2.34. The van der Waals surface area contributed by atoms with Crippen molar-refractivity contribution >= 4 is 28.6 Å². The Hall–Kier alpha value is -3.97. The summed E-state index contributed by atoms with van der Waals surface area (Å²) >= 11 is 5.87. The van der Waals surface area contributed by atoms with Gasteiger partial charge in [-0.25, -0.2) is 0 Å². The molecule has 0 radical (unpaired) electrons. The standard InChI is InChI=1S/C29H28N4O2S/c1-4-20-11-15-23(16-12-20)33-19(3)25(28-31-27(32-35-28)22-9-7-6-8-10-22)26(30-29(33)36)21-13-17-24(18-14-21)34-5-2/h6-18,26H,4-5H2,1-3H3,(H,30,36). The molecule has 1 aromatic heterocycles. The first kappa shape index (κ1) is 23.8. The van der Waals surface area contributed by atoms with Crippen molar-refractivity contribution in [1.29, 1.82) is 0 Å². The zero-order valence-corrected chi connectivity index (χ0v) is 21.4. The topological polar surface area (TPSA) is 63.4 Å². The van der Waals surface area contributed by atoms with Crippen molar-refractivity contribution in [2.75, 3.05) is 11.5 Å². The van der Waals surface area contributed by atoms with Gasteiger partial charge in [0.1, 0.15) is 5.75 Å². The molecule has 0 saturated heterocycles. The summed E-state index contributed by atoms with van der Waals surface area (Å²) in [4.78, 5) is 6.82. The zero-order chi connectivity index (χ0) is 25.1. The summed E-state index contributed by atoms with van der Waals surface area (Å²) in [5, 5.41) is 8.42. The average molecular weight is 497 g/mol. The van der Waals surface area contributed by atoms with Crippen LogP contribution >= 0.6 is 12.2 Å². The van der Waals surface area contributed by atoms with E-state index in [1.807, 2.05) is 73.3 Å². The molecule has 2 heterocycles. The number of ether oxygens (including phenoxy) is 1. The number of aryl methyl sites for hydroxylation is 1. The predicted octanol–water partition coefficient (Wildman–Crippen LogP) is 6.56. The quantitative estimate of drug-likeness (QED) is 0.291. The third kappa shape index (κ3) is 4.62. The molecule has 1 atom stereocenters. The summed E-state index contributed by atoms with van der Waals surface area (Å²) in [6.45, 7) is 6.78. The minimum absolute atomic E-state index is 0.261. The van der Waals surface area contributed by atoms with Gasteiger partial charge in [0.15, 0.2) is 5.11 Å². The van der Waals surface area contributed by atoms with Crippen LogP contribution in [0.5, 0.6) is 5.75 Å². The fourth-order valence-electron chi connectivity index (χ4n) is 4.42. The zero-order valence-electron chi connectivity index (χ0n) is 20.6. The molecule has 5 rings (SSSR count). The summed E-state index contributed by atoms with van der Waals surface area (Å²) in [7, 11) is 0. The molecule has 0 saturated carbocycles. The lowest BCUT2D eigenvalue weighted by Gasteiger charge is -2.37. The van der Waals surface area contributed by atoms with Gasteiger partial charge in [-0.15, -0.1) is 0 Å². The van der Waals surface area contributed by atoms with E-state index >= 15 is 0 Å². The number of thiocarbonyl (C=S) groups is 1. The van der Waals surface area contributed by atoms with Crippen LogP contribution in [0, 0.1) is 0 Å². The number of hydrogen-bond acceptors (Lipinski definition) is 5. The molecule has 7 heteroatoms. The van der Waals surface area contributed by atoms with E-state index in [0.717, 1.165) is 40.3 Å². The lowest BCUT2D eigenvalue weighted by molar-refractivity contribution is 0.340. The number of allylic oxidation sites excluding steroid dienone is 1. The van der Waals surface area contributed by atoms with E-state index in [9.17, 15) is 0 Å². The maximum atomic E-state index is 5.87. The Morgan fingerprint density at radius 1 is 0.972 bits per heavy atom. The highest BCUT2D eigenvalue weighted by molar-refractivity contribution is 7.80. The van der Waals surface area contributed by atoms with E-state index in [1.165, 1.54) is 5.56 Å². The van der Waals surface area contributed by atoms with Gasteiger partial charge in [0.25, 0.3) is 5.89 Å². The van der Waals surface area contributed by atoms with Crippen molar-refractivity contribution in [3.05, 3.63) is 102 Å².